The molecule has 15 heavy (non-hydrogen) atoms. The van der Waals surface area contributed by atoms with Crippen LogP contribution in [0.4, 0.5) is 0 Å². The Hall–Kier alpha value is -1.16. The van der Waals surface area contributed by atoms with Crippen LogP contribution in [0.25, 0.3) is 0 Å². The molecule has 0 fully saturated rings. The second-order valence-electron chi connectivity index (χ2n) is 4.59. The molecule has 0 saturated heterocycles. The lowest BCUT2D eigenvalue weighted by Gasteiger charge is -2.20. The third kappa shape index (κ3) is 2.65. The van der Waals surface area contributed by atoms with Crippen LogP contribution >= 0.6 is 0 Å². The summed E-state index contributed by atoms with van der Waals surface area (Å²) in [5.74, 6) is 0.160. The Balaban J connectivity index is 2.79. The summed E-state index contributed by atoms with van der Waals surface area (Å²) in [6.07, 6.45) is 0.404. The quantitative estimate of drug-likeness (QED) is 0.798. The van der Waals surface area contributed by atoms with Crippen LogP contribution in [0.1, 0.15) is 25.2 Å². The molecule has 0 unspecified atom stereocenters. The Bertz CT molecular complexity index is 366. The van der Waals surface area contributed by atoms with Gasteiger partial charge >= 0.3 is 0 Å². The number of ketones is 1. The van der Waals surface area contributed by atoms with Crippen LogP contribution in [0, 0.1) is 12.3 Å². The van der Waals surface area contributed by atoms with E-state index in [1.165, 1.54) is 0 Å². The zero-order valence-corrected chi connectivity index (χ0v) is 9.87. The molecule has 84 valence electrons. The third-order valence-corrected chi connectivity index (χ3v) is 2.71. The van der Waals surface area contributed by atoms with E-state index in [-0.39, 0.29) is 5.78 Å². The molecule has 0 aliphatic heterocycles. The van der Waals surface area contributed by atoms with Gasteiger partial charge in [0.25, 0.3) is 0 Å². The average Bonchev–Trinajstić information content (AvgIpc) is 2.45. The Morgan fingerprint density at radius 2 is 2.20 bits per heavy atom. The summed E-state index contributed by atoms with van der Waals surface area (Å²) in [5.41, 5.74) is 6.99. The van der Waals surface area contributed by atoms with Gasteiger partial charge in [0, 0.05) is 31.1 Å². The van der Waals surface area contributed by atoms with Crippen molar-refractivity contribution in [1.29, 1.82) is 0 Å². The monoisotopic (exact) mass is 209 g/mol. The number of hydrogen-bond donors (Lipinski definition) is 1. The lowest BCUT2D eigenvalue weighted by molar-refractivity contribution is -0.126. The Kier molecular flexibility index (Phi) is 3.29. The van der Waals surface area contributed by atoms with Gasteiger partial charge in [-0.2, -0.15) is 5.10 Å². The first kappa shape index (κ1) is 11.9. The van der Waals surface area contributed by atoms with E-state index in [9.17, 15) is 4.79 Å². The van der Waals surface area contributed by atoms with Crippen LogP contribution in [0.5, 0.6) is 0 Å². The molecule has 0 aromatic carbocycles. The van der Waals surface area contributed by atoms with E-state index in [0.717, 1.165) is 11.4 Å². The molecule has 1 aromatic rings. The maximum Gasteiger partial charge on any atom is 0.145 e. The van der Waals surface area contributed by atoms with E-state index in [1.54, 1.807) is 4.68 Å². The first-order chi connectivity index (χ1) is 6.86. The zero-order valence-electron chi connectivity index (χ0n) is 9.87. The maximum absolute atomic E-state index is 11.9. The number of Topliss-reactive ketones (excluding diaryl/α,β-unsaturated/α-hetero) is 1. The molecule has 1 rings (SSSR count). The molecule has 0 aliphatic rings. The molecular formula is C11H19N3O. The van der Waals surface area contributed by atoms with Gasteiger partial charge in [0.1, 0.15) is 5.78 Å². The van der Waals surface area contributed by atoms with Gasteiger partial charge in [-0.15, -0.1) is 0 Å². The van der Waals surface area contributed by atoms with Gasteiger partial charge in [-0.05, 0) is 13.0 Å². The first-order valence-electron chi connectivity index (χ1n) is 5.09. The van der Waals surface area contributed by atoms with E-state index in [4.69, 9.17) is 5.73 Å². The normalized spacial score (nSPS) is 11.8. The SMILES string of the molecule is Cc1cc(CC(=O)C(C)(C)CN)n(C)n1. The van der Waals surface area contributed by atoms with Crippen molar-refractivity contribution in [1.82, 2.24) is 9.78 Å². The summed E-state index contributed by atoms with van der Waals surface area (Å²) in [6, 6.07) is 1.94. The lowest BCUT2D eigenvalue weighted by atomic mass is 9.86. The Labute approximate surface area is 90.5 Å². The minimum absolute atomic E-state index is 0.160. The molecule has 0 amide bonds. The number of nitrogens with zero attached hydrogens (tertiary/aromatic N) is 2. The molecule has 0 atom stereocenters. The summed E-state index contributed by atoms with van der Waals surface area (Å²) in [4.78, 5) is 11.9. The van der Waals surface area contributed by atoms with E-state index < -0.39 is 5.41 Å². The predicted molar refractivity (Wildman–Crippen MR) is 59.5 cm³/mol. The van der Waals surface area contributed by atoms with E-state index >= 15 is 0 Å². The molecule has 1 heterocycles. The van der Waals surface area contributed by atoms with Crippen LogP contribution in [0.2, 0.25) is 0 Å². The van der Waals surface area contributed by atoms with Gasteiger partial charge in [-0.3, -0.25) is 9.48 Å². The van der Waals surface area contributed by atoms with Crippen molar-refractivity contribution in [2.24, 2.45) is 18.2 Å². The van der Waals surface area contributed by atoms with Crippen LogP contribution < -0.4 is 5.73 Å². The fraction of sp³-hybridized carbons (Fsp3) is 0.636. The number of rotatable bonds is 4. The lowest BCUT2D eigenvalue weighted by Crippen LogP contribution is -2.34. The summed E-state index contributed by atoms with van der Waals surface area (Å²) in [6.45, 7) is 6.04. The smallest absolute Gasteiger partial charge is 0.145 e. The van der Waals surface area contributed by atoms with Crippen LogP contribution in [-0.2, 0) is 18.3 Å². The van der Waals surface area contributed by atoms with Crippen LogP contribution in [0.3, 0.4) is 0 Å². The third-order valence-electron chi connectivity index (χ3n) is 2.71. The molecule has 1 aromatic heterocycles. The van der Waals surface area contributed by atoms with Crippen molar-refractivity contribution in [3.8, 4) is 0 Å². The summed E-state index contributed by atoms with van der Waals surface area (Å²) in [7, 11) is 1.85. The van der Waals surface area contributed by atoms with Gasteiger partial charge in [-0.1, -0.05) is 13.8 Å². The van der Waals surface area contributed by atoms with Gasteiger partial charge in [-0.25, -0.2) is 0 Å². The van der Waals surface area contributed by atoms with Gasteiger partial charge in [0.05, 0.1) is 5.69 Å². The summed E-state index contributed by atoms with van der Waals surface area (Å²) in [5, 5.41) is 4.21. The van der Waals surface area contributed by atoms with E-state index in [1.807, 2.05) is 33.9 Å². The van der Waals surface area contributed by atoms with Crippen LogP contribution in [-0.4, -0.2) is 22.1 Å². The Morgan fingerprint density at radius 1 is 1.60 bits per heavy atom. The molecule has 0 bridgehead atoms. The molecule has 2 N–H and O–H groups in total. The number of hydrogen-bond acceptors (Lipinski definition) is 3. The van der Waals surface area contributed by atoms with Gasteiger partial charge in [0.15, 0.2) is 0 Å². The second kappa shape index (κ2) is 4.14. The maximum atomic E-state index is 11.9. The minimum atomic E-state index is -0.446. The topological polar surface area (TPSA) is 60.9 Å². The fourth-order valence-electron chi connectivity index (χ4n) is 1.35. The highest BCUT2D eigenvalue weighted by Crippen LogP contribution is 2.17. The first-order valence-corrected chi connectivity index (χ1v) is 5.09. The zero-order chi connectivity index (χ0) is 11.6. The highest BCUT2D eigenvalue weighted by atomic mass is 16.1. The summed E-state index contributed by atoms with van der Waals surface area (Å²) < 4.78 is 1.75. The Morgan fingerprint density at radius 3 is 2.60 bits per heavy atom. The molecule has 4 nitrogen and oxygen atoms in total. The van der Waals surface area contributed by atoms with Gasteiger partial charge < -0.3 is 5.73 Å². The second-order valence-corrected chi connectivity index (χ2v) is 4.59. The largest absolute Gasteiger partial charge is 0.329 e. The van der Waals surface area contributed by atoms with Crippen molar-refractivity contribution in [3.63, 3.8) is 0 Å². The number of carbonyl (C=O) groups excluding carboxylic acids is 1. The number of aromatic nitrogens is 2. The van der Waals surface area contributed by atoms with E-state index in [0.29, 0.717) is 13.0 Å². The molecular weight excluding hydrogens is 190 g/mol. The molecule has 0 radical (unpaired) electrons. The molecule has 0 aliphatic carbocycles. The minimum Gasteiger partial charge on any atom is -0.329 e. The summed E-state index contributed by atoms with van der Waals surface area (Å²) >= 11 is 0. The van der Waals surface area contributed by atoms with Crippen molar-refractivity contribution >= 4 is 5.78 Å². The number of aryl methyl sites for hydroxylation is 2. The fourth-order valence-corrected chi connectivity index (χ4v) is 1.35. The number of nitrogens with two attached hydrogens (primary N) is 1. The standard InChI is InChI=1S/C11H19N3O/c1-8-5-9(14(4)13-8)6-10(15)11(2,3)7-12/h5H,6-7,12H2,1-4H3. The molecule has 0 spiro atoms. The van der Waals surface area contributed by atoms with Crippen LogP contribution in [0.15, 0.2) is 6.07 Å². The highest BCUT2D eigenvalue weighted by molar-refractivity contribution is 5.86. The van der Waals surface area contributed by atoms with Crippen molar-refractivity contribution in [2.45, 2.75) is 27.2 Å². The van der Waals surface area contributed by atoms with Gasteiger partial charge in [0.2, 0.25) is 0 Å². The van der Waals surface area contributed by atoms with Crippen molar-refractivity contribution in [3.05, 3.63) is 17.5 Å². The average molecular weight is 209 g/mol. The van der Waals surface area contributed by atoms with E-state index in [2.05, 4.69) is 5.10 Å². The predicted octanol–water partition coefficient (Wildman–Crippen LogP) is 0.825. The molecule has 4 heteroatoms. The highest BCUT2D eigenvalue weighted by Gasteiger charge is 2.26. The molecule has 0 saturated carbocycles. The number of carbonyl (C=O) groups is 1. The van der Waals surface area contributed by atoms with Crippen molar-refractivity contribution < 1.29 is 4.79 Å². The van der Waals surface area contributed by atoms with Crippen molar-refractivity contribution in [2.75, 3.05) is 6.54 Å².